The molecule has 0 aromatic rings. The van der Waals surface area contributed by atoms with Crippen molar-refractivity contribution in [3.8, 4) is 0 Å². The summed E-state index contributed by atoms with van der Waals surface area (Å²) in [6.45, 7) is 2.20. The van der Waals surface area contributed by atoms with Crippen LogP contribution in [0.5, 0.6) is 0 Å². The lowest BCUT2D eigenvalue weighted by Crippen LogP contribution is -2.39. The number of nitrogens with one attached hydrogen (secondary N) is 1. The van der Waals surface area contributed by atoms with Crippen molar-refractivity contribution in [3.63, 3.8) is 0 Å². The molecule has 5 nitrogen and oxygen atoms in total. The summed E-state index contributed by atoms with van der Waals surface area (Å²) in [6, 6.07) is 0.0785. The lowest BCUT2D eigenvalue weighted by Gasteiger charge is -2.23. The van der Waals surface area contributed by atoms with Gasteiger partial charge in [-0.1, -0.05) is 0 Å². The van der Waals surface area contributed by atoms with Crippen molar-refractivity contribution in [1.29, 1.82) is 0 Å². The van der Waals surface area contributed by atoms with Crippen LogP contribution in [0.3, 0.4) is 0 Å². The van der Waals surface area contributed by atoms with Gasteiger partial charge in [0.25, 0.3) is 0 Å². The summed E-state index contributed by atoms with van der Waals surface area (Å²) in [4.78, 5) is 11.9. The molecular weight excluding hydrogens is 222 g/mol. The van der Waals surface area contributed by atoms with E-state index >= 15 is 0 Å². The predicted octanol–water partition coefficient (Wildman–Crippen LogP) is 0.333. The van der Waals surface area contributed by atoms with Crippen LogP contribution >= 0.6 is 0 Å². The molecule has 2 rings (SSSR count). The van der Waals surface area contributed by atoms with Crippen LogP contribution in [0.4, 0.5) is 0 Å². The highest BCUT2D eigenvalue weighted by molar-refractivity contribution is 5.73. The molecule has 2 aliphatic rings. The minimum Gasteiger partial charge on any atom is -0.463 e. The van der Waals surface area contributed by atoms with Crippen LogP contribution in [0.25, 0.3) is 0 Å². The molecule has 0 amide bonds. The van der Waals surface area contributed by atoms with Gasteiger partial charge < -0.3 is 19.5 Å². The summed E-state index contributed by atoms with van der Waals surface area (Å²) >= 11 is 0. The zero-order valence-corrected chi connectivity index (χ0v) is 10.3. The molecule has 0 radical (unpaired) electrons. The van der Waals surface area contributed by atoms with Gasteiger partial charge >= 0.3 is 5.97 Å². The van der Waals surface area contributed by atoms with Crippen molar-refractivity contribution in [2.45, 2.75) is 31.4 Å². The first-order chi connectivity index (χ1) is 8.31. The van der Waals surface area contributed by atoms with Crippen molar-refractivity contribution in [1.82, 2.24) is 5.32 Å². The molecule has 0 saturated carbocycles. The second-order valence-corrected chi connectivity index (χ2v) is 4.66. The summed E-state index contributed by atoms with van der Waals surface area (Å²) in [7, 11) is 1.84. The molecule has 0 aromatic carbocycles. The van der Waals surface area contributed by atoms with Crippen LogP contribution in [0.15, 0.2) is 0 Å². The average molecular weight is 243 g/mol. The first kappa shape index (κ1) is 12.8. The second-order valence-electron chi connectivity index (χ2n) is 4.66. The summed E-state index contributed by atoms with van der Waals surface area (Å²) in [5.74, 6) is -0.348. The number of likely N-dealkylation sites (N-methyl/N-ethyl adjacent to an activating group) is 1. The summed E-state index contributed by atoms with van der Waals surface area (Å²) in [5, 5.41) is 3.08. The quantitative estimate of drug-likeness (QED) is 0.721. The minimum atomic E-state index is -0.177. The van der Waals surface area contributed by atoms with Crippen LogP contribution in [0, 0.1) is 5.92 Å². The maximum Gasteiger partial charge on any atom is 0.313 e. The van der Waals surface area contributed by atoms with Gasteiger partial charge in [-0.15, -0.1) is 0 Å². The van der Waals surface area contributed by atoms with E-state index in [1.54, 1.807) is 0 Å². The maximum absolute atomic E-state index is 11.9. The Labute approximate surface area is 102 Å². The van der Waals surface area contributed by atoms with Crippen molar-refractivity contribution in [3.05, 3.63) is 0 Å². The SMILES string of the molecule is CNC1COCC1C(=O)OCC1CCCCO1. The average Bonchev–Trinajstić information content (AvgIpc) is 2.85. The summed E-state index contributed by atoms with van der Waals surface area (Å²) < 4.78 is 16.1. The number of rotatable bonds is 4. The highest BCUT2D eigenvalue weighted by atomic mass is 16.6. The Morgan fingerprint density at radius 1 is 1.41 bits per heavy atom. The molecule has 3 atom stereocenters. The maximum atomic E-state index is 11.9. The third-order valence-electron chi connectivity index (χ3n) is 3.44. The van der Waals surface area contributed by atoms with Gasteiger partial charge in [0, 0.05) is 12.6 Å². The zero-order valence-electron chi connectivity index (χ0n) is 10.3. The van der Waals surface area contributed by atoms with Gasteiger partial charge in [0.1, 0.15) is 6.61 Å². The van der Waals surface area contributed by atoms with E-state index in [-0.39, 0.29) is 24.0 Å². The standard InChI is InChI=1S/C12H21NO4/c1-13-11-8-15-7-10(11)12(14)17-6-9-4-2-3-5-16-9/h9-11,13H,2-8H2,1H3. The number of carbonyl (C=O) groups excluding carboxylic acids is 1. The third kappa shape index (κ3) is 3.40. The van der Waals surface area contributed by atoms with Gasteiger partial charge in [0.2, 0.25) is 0 Å². The molecule has 3 unspecified atom stereocenters. The normalized spacial score (nSPS) is 33.6. The Hall–Kier alpha value is -0.650. The van der Waals surface area contributed by atoms with Crippen LogP contribution in [0.2, 0.25) is 0 Å². The van der Waals surface area contributed by atoms with Gasteiger partial charge in [-0.3, -0.25) is 4.79 Å². The lowest BCUT2D eigenvalue weighted by molar-refractivity contribution is -0.154. The van der Waals surface area contributed by atoms with E-state index < -0.39 is 0 Å². The molecule has 0 aliphatic carbocycles. The highest BCUT2D eigenvalue weighted by Gasteiger charge is 2.34. The van der Waals surface area contributed by atoms with Gasteiger partial charge in [0.15, 0.2) is 0 Å². The minimum absolute atomic E-state index is 0.0785. The fourth-order valence-corrected chi connectivity index (χ4v) is 2.29. The number of hydrogen-bond donors (Lipinski definition) is 1. The summed E-state index contributed by atoms with van der Waals surface area (Å²) in [5.41, 5.74) is 0. The molecule has 5 heteroatoms. The van der Waals surface area contributed by atoms with Crippen LogP contribution in [-0.4, -0.2) is 51.6 Å². The smallest absolute Gasteiger partial charge is 0.313 e. The Kier molecular flexibility index (Phi) is 4.76. The monoisotopic (exact) mass is 243 g/mol. The van der Waals surface area contributed by atoms with E-state index in [2.05, 4.69) is 5.32 Å². The Bertz CT molecular complexity index is 253. The molecule has 0 bridgehead atoms. The Balaban J connectivity index is 1.72. The van der Waals surface area contributed by atoms with E-state index in [1.807, 2.05) is 7.05 Å². The molecule has 2 saturated heterocycles. The van der Waals surface area contributed by atoms with Crippen molar-refractivity contribution in [2.75, 3.05) is 33.5 Å². The number of hydrogen-bond acceptors (Lipinski definition) is 5. The van der Waals surface area contributed by atoms with Gasteiger partial charge in [-0.25, -0.2) is 0 Å². The van der Waals surface area contributed by atoms with Gasteiger partial charge in [0.05, 0.1) is 25.2 Å². The molecule has 2 aliphatic heterocycles. The highest BCUT2D eigenvalue weighted by Crippen LogP contribution is 2.17. The predicted molar refractivity (Wildman–Crippen MR) is 61.7 cm³/mol. The molecule has 98 valence electrons. The topological polar surface area (TPSA) is 56.8 Å². The Morgan fingerprint density at radius 3 is 3.00 bits per heavy atom. The molecule has 0 spiro atoms. The van der Waals surface area contributed by atoms with Crippen molar-refractivity contribution < 1.29 is 19.0 Å². The third-order valence-corrected chi connectivity index (χ3v) is 3.44. The molecule has 2 fully saturated rings. The molecule has 17 heavy (non-hydrogen) atoms. The molecule has 1 N–H and O–H groups in total. The lowest BCUT2D eigenvalue weighted by atomic mass is 10.0. The van der Waals surface area contributed by atoms with Crippen LogP contribution < -0.4 is 5.32 Å². The van der Waals surface area contributed by atoms with Gasteiger partial charge in [-0.2, -0.15) is 0 Å². The zero-order chi connectivity index (χ0) is 12.1. The molecular formula is C12H21NO4. The Morgan fingerprint density at radius 2 is 2.29 bits per heavy atom. The largest absolute Gasteiger partial charge is 0.463 e. The first-order valence-electron chi connectivity index (χ1n) is 6.34. The van der Waals surface area contributed by atoms with Crippen molar-refractivity contribution >= 4 is 5.97 Å². The molecule has 2 heterocycles. The van der Waals surface area contributed by atoms with Gasteiger partial charge in [-0.05, 0) is 26.3 Å². The molecule has 0 aromatic heterocycles. The second kappa shape index (κ2) is 6.33. The van der Waals surface area contributed by atoms with E-state index in [0.717, 1.165) is 25.9 Å². The van der Waals surface area contributed by atoms with E-state index in [4.69, 9.17) is 14.2 Å². The first-order valence-corrected chi connectivity index (χ1v) is 6.34. The van der Waals surface area contributed by atoms with Crippen LogP contribution in [0.1, 0.15) is 19.3 Å². The van der Waals surface area contributed by atoms with Crippen molar-refractivity contribution in [2.24, 2.45) is 5.92 Å². The van der Waals surface area contributed by atoms with E-state index in [0.29, 0.717) is 19.8 Å². The summed E-state index contributed by atoms with van der Waals surface area (Å²) in [6.07, 6.45) is 3.35. The fraction of sp³-hybridized carbons (Fsp3) is 0.917. The fourth-order valence-electron chi connectivity index (χ4n) is 2.29. The van der Waals surface area contributed by atoms with E-state index in [9.17, 15) is 4.79 Å². The number of ether oxygens (including phenoxy) is 3. The van der Waals surface area contributed by atoms with Crippen LogP contribution in [-0.2, 0) is 19.0 Å². The number of carbonyl (C=O) groups is 1. The number of esters is 1. The van der Waals surface area contributed by atoms with E-state index in [1.165, 1.54) is 0 Å².